The number of hydrazine groups is 1. The van der Waals surface area contributed by atoms with Crippen LogP contribution < -0.4 is 15.8 Å². The molecule has 0 radical (unpaired) electrons. The molecule has 1 aliphatic rings. The number of nitrogens with zero attached hydrogens (tertiary/aromatic N) is 4. The predicted octanol–water partition coefficient (Wildman–Crippen LogP) is 1.86. The largest absolute Gasteiger partial charge is 0.371 e. The molecule has 1 saturated heterocycles. The van der Waals surface area contributed by atoms with E-state index in [0.717, 1.165) is 43.7 Å². The molecular formula is C19H24N6O4. The Morgan fingerprint density at radius 1 is 1.14 bits per heavy atom. The van der Waals surface area contributed by atoms with Crippen molar-refractivity contribution >= 4 is 23.2 Å². The molecule has 29 heavy (non-hydrogen) atoms. The van der Waals surface area contributed by atoms with Gasteiger partial charge in [0, 0.05) is 30.9 Å². The fourth-order valence-electron chi connectivity index (χ4n) is 3.43. The minimum atomic E-state index is -0.601. The number of nitro benzene ring substituents is 1. The Bertz CT molecular complexity index is 933. The Kier molecular flexibility index (Phi) is 6.10. The number of nitrogens with one attached hydrogen (secondary N) is 2. The minimum absolute atomic E-state index is 0.0477. The van der Waals surface area contributed by atoms with Crippen LogP contribution in [0, 0.1) is 24.0 Å². The maximum Gasteiger partial charge on any atom is 0.272 e. The summed E-state index contributed by atoms with van der Waals surface area (Å²) >= 11 is 0. The second-order valence-corrected chi connectivity index (χ2v) is 7.09. The van der Waals surface area contributed by atoms with Gasteiger partial charge < -0.3 is 4.90 Å². The number of non-ortho nitro benzene ring substituents is 1. The Morgan fingerprint density at radius 2 is 1.86 bits per heavy atom. The zero-order valence-corrected chi connectivity index (χ0v) is 16.5. The minimum Gasteiger partial charge on any atom is -0.371 e. The van der Waals surface area contributed by atoms with Crippen LogP contribution >= 0.6 is 0 Å². The standard InChI is InChI=1S/C19H24N6O4/c1-13-10-14(2)24(22-13)12-18(26)20-21-19(27)16-11-15(25(28)29)6-7-17(16)23-8-4-3-5-9-23/h6-7,10-11H,3-5,8-9,12H2,1-2H3,(H,20,26)(H,21,27). The van der Waals surface area contributed by atoms with E-state index in [-0.39, 0.29) is 17.8 Å². The van der Waals surface area contributed by atoms with Gasteiger partial charge in [-0.25, -0.2) is 0 Å². The molecule has 0 bridgehead atoms. The second-order valence-electron chi connectivity index (χ2n) is 7.09. The van der Waals surface area contributed by atoms with Gasteiger partial charge >= 0.3 is 0 Å². The maximum atomic E-state index is 12.7. The highest BCUT2D eigenvalue weighted by Gasteiger charge is 2.22. The number of aromatic nitrogens is 2. The van der Waals surface area contributed by atoms with Gasteiger partial charge in [-0.15, -0.1) is 0 Å². The molecule has 1 fully saturated rings. The van der Waals surface area contributed by atoms with Gasteiger partial charge in [0.15, 0.2) is 0 Å². The molecule has 0 atom stereocenters. The molecule has 10 heteroatoms. The number of piperidine rings is 1. The van der Waals surface area contributed by atoms with Crippen molar-refractivity contribution in [2.75, 3.05) is 18.0 Å². The molecule has 1 aromatic heterocycles. The third kappa shape index (κ3) is 4.89. The highest BCUT2D eigenvalue weighted by Crippen LogP contribution is 2.27. The number of hydrogen-bond donors (Lipinski definition) is 2. The summed E-state index contributed by atoms with van der Waals surface area (Å²) in [6.45, 7) is 5.17. The first-order chi connectivity index (χ1) is 13.8. The van der Waals surface area contributed by atoms with Crippen LogP contribution in [-0.4, -0.2) is 39.6 Å². The number of nitro groups is 1. The van der Waals surface area contributed by atoms with Gasteiger partial charge in [0.2, 0.25) is 0 Å². The predicted molar refractivity (Wildman–Crippen MR) is 106 cm³/mol. The van der Waals surface area contributed by atoms with Crippen LogP contribution in [0.4, 0.5) is 11.4 Å². The fraction of sp³-hybridized carbons (Fsp3) is 0.421. The monoisotopic (exact) mass is 400 g/mol. The van der Waals surface area contributed by atoms with E-state index in [1.54, 1.807) is 6.07 Å². The van der Waals surface area contributed by atoms with Gasteiger partial charge in [-0.05, 0) is 45.2 Å². The highest BCUT2D eigenvalue weighted by atomic mass is 16.6. The van der Waals surface area contributed by atoms with Crippen molar-refractivity contribution in [3.05, 3.63) is 51.3 Å². The Morgan fingerprint density at radius 3 is 2.48 bits per heavy atom. The maximum absolute atomic E-state index is 12.7. The normalized spacial score (nSPS) is 13.8. The van der Waals surface area contributed by atoms with E-state index in [0.29, 0.717) is 5.69 Å². The van der Waals surface area contributed by atoms with Gasteiger partial charge in [-0.3, -0.25) is 35.2 Å². The van der Waals surface area contributed by atoms with E-state index < -0.39 is 16.7 Å². The zero-order chi connectivity index (χ0) is 21.0. The molecule has 10 nitrogen and oxygen atoms in total. The van der Waals surface area contributed by atoms with E-state index in [2.05, 4.69) is 16.0 Å². The Hall–Kier alpha value is -3.43. The number of amides is 2. The van der Waals surface area contributed by atoms with Gasteiger partial charge in [0.25, 0.3) is 17.5 Å². The van der Waals surface area contributed by atoms with Crippen molar-refractivity contribution in [3.63, 3.8) is 0 Å². The van der Waals surface area contributed by atoms with Crippen LogP contribution in [0.25, 0.3) is 0 Å². The van der Waals surface area contributed by atoms with Gasteiger partial charge in [-0.1, -0.05) is 0 Å². The van der Waals surface area contributed by atoms with Crippen LogP contribution in [-0.2, 0) is 11.3 Å². The first-order valence-corrected chi connectivity index (χ1v) is 9.49. The third-order valence-corrected chi connectivity index (χ3v) is 4.84. The van der Waals surface area contributed by atoms with Crippen LogP contribution in [0.15, 0.2) is 24.3 Å². The summed E-state index contributed by atoms with van der Waals surface area (Å²) in [5.41, 5.74) is 6.95. The number of hydrogen-bond acceptors (Lipinski definition) is 6. The van der Waals surface area contributed by atoms with Crippen molar-refractivity contribution in [2.24, 2.45) is 0 Å². The lowest BCUT2D eigenvalue weighted by molar-refractivity contribution is -0.384. The smallest absolute Gasteiger partial charge is 0.272 e. The number of anilines is 1. The first-order valence-electron chi connectivity index (χ1n) is 9.49. The number of aryl methyl sites for hydroxylation is 2. The van der Waals surface area contributed by atoms with Gasteiger partial charge in [0.05, 0.1) is 21.9 Å². The van der Waals surface area contributed by atoms with Crippen molar-refractivity contribution in [3.8, 4) is 0 Å². The molecule has 0 spiro atoms. The molecule has 2 heterocycles. The lowest BCUT2D eigenvalue weighted by atomic mass is 10.1. The lowest BCUT2D eigenvalue weighted by Gasteiger charge is -2.30. The van der Waals surface area contributed by atoms with Crippen molar-refractivity contribution < 1.29 is 14.5 Å². The van der Waals surface area contributed by atoms with Crippen LogP contribution in [0.1, 0.15) is 41.0 Å². The summed E-state index contributed by atoms with van der Waals surface area (Å²) in [5, 5.41) is 15.4. The molecule has 3 rings (SSSR count). The molecule has 154 valence electrons. The molecule has 2 aromatic rings. The van der Waals surface area contributed by atoms with Crippen LogP contribution in [0.5, 0.6) is 0 Å². The molecule has 2 amide bonds. The second kappa shape index (κ2) is 8.72. The van der Waals surface area contributed by atoms with E-state index in [1.807, 2.05) is 24.8 Å². The summed E-state index contributed by atoms with van der Waals surface area (Å²) < 4.78 is 1.53. The SMILES string of the molecule is Cc1cc(C)n(CC(=O)NNC(=O)c2cc([N+](=O)[O-])ccc2N2CCCCC2)n1. The Balaban J connectivity index is 1.72. The average Bonchev–Trinajstić information content (AvgIpc) is 3.02. The van der Waals surface area contributed by atoms with Crippen LogP contribution in [0.3, 0.4) is 0 Å². The molecule has 0 unspecified atom stereocenters. The van der Waals surface area contributed by atoms with Crippen molar-refractivity contribution in [1.82, 2.24) is 20.6 Å². The number of rotatable bonds is 5. The summed E-state index contributed by atoms with van der Waals surface area (Å²) in [6.07, 6.45) is 3.11. The summed E-state index contributed by atoms with van der Waals surface area (Å²) in [4.78, 5) is 37.5. The van der Waals surface area contributed by atoms with E-state index in [9.17, 15) is 19.7 Å². The molecule has 2 N–H and O–H groups in total. The summed E-state index contributed by atoms with van der Waals surface area (Å²) in [6, 6.07) is 6.07. The zero-order valence-electron chi connectivity index (χ0n) is 16.5. The van der Waals surface area contributed by atoms with Gasteiger partial charge in [0.1, 0.15) is 6.54 Å². The molecule has 1 aliphatic heterocycles. The average molecular weight is 400 g/mol. The Labute approximate surface area is 168 Å². The highest BCUT2D eigenvalue weighted by molar-refractivity contribution is 6.01. The summed E-state index contributed by atoms with van der Waals surface area (Å²) in [5.74, 6) is -1.05. The van der Waals surface area contributed by atoms with Crippen molar-refractivity contribution in [2.45, 2.75) is 39.7 Å². The molecule has 0 aliphatic carbocycles. The summed E-state index contributed by atoms with van der Waals surface area (Å²) in [7, 11) is 0. The van der Waals surface area contributed by atoms with E-state index in [4.69, 9.17) is 0 Å². The number of benzene rings is 1. The lowest BCUT2D eigenvalue weighted by Crippen LogP contribution is -2.44. The fourth-order valence-corrected chi connectivity index (χ4v) is 3.43. The molecule has 1 aromatic carbocycles. The molecular weight excluding hydrogens is 376 g/mol. The first kappa shape index (κ1) is 20.3. The van der Waals surface area contributed by atoms with E-state index in [1.165, 1.54) is 16.8 Å². The van der Waals surface area contributed by atoms with Gasteiger partial charge in [-0.2, -0.15) is 5.10 Å². The third-order valence-electron chi connectivity index (χ3n) is 4.84. The number of carbonyl (C=O) groups excluding carboxylic acids is 2. The topological polar surface area (TPSA) is 122 Å². The number of carbonyl (C=O) groups is 2. The van der Waals surface area contributed by atoms with E-state index >= 15 is 0 Å². The molecule has 0 saturated carbocycles. The quantitative estimate of drug-likeness (QED) is 0.583. The van der Waals surface area contributed by atoms with Crippen LogP contribution in [0.2, 0.25) is 0 Å². The van der Waals surface area contributed by atoms with Crippen molar-refractivity contribution in [1.29, 1.82) is 0 Å².